The van der Waals surface area contributed by atoms with Crippen LogP contribution in [0.5, 0.6) is 5.88 Å². The zero-order valence-electron chi connectivity index (χ0n) is 16.2. The molecule has 2 aliphatic heterocycles. The quantitative estimate of drug-likeness (QED) is 0.478. The predicted octanol–water partition coefficient (Wildman–Crippen LogP) is 4.98. The minimum Gasteiger partial charge on any atom is -0.482 e. The van der Waals surface area contributed by atoms with E-state index in [0.717, 1.165) is 17.0 Å². The molecule has 0 amide bonds. The lowest BCUT2D eigenvalue weighted by molar-refractivity contribution is 0.375. The van der Waals surface area contributed by atoms with Crippen LogP contribution < -0.4 is 4.74 Å². The average molecular weight is 367 g/mol. The molecule has 2 aliphatic rings. The molecule has 138 valence electrons. The zero-order valence-corrected chi connectivity index (χ0v) is 16.2. The van der Waals surface area contributed by atoms with E-state index in [9.17, 15) is 0 Å². The number of ether oxygens (including phenoxy) is 1. The Morgan fingerprint density at radius 1 is 0.893 bits per heavy atom. The van der Waals surface area contributed by atoms with Gasteiger partial charge in [0, 0.05) is 17.8 Å². The highest BCUT2D eigenvalue weighted by Crippen LogP contribution is 2.30. The third kappa shape index (κ3) is 3.23. The monoisotopic (exact) mass is 367 g/mol. The van der Waals surface area contributed by atoms with Crippen molar-refractivity contribution in [3.8, 4) is 52.1 Å². The molecule has 4 rings (SSSR count). The summed E-state index contributed by atoms with van der Waals surface area (Å²) in [6.45, 7) is 4.69. The van der Waals surface area contributed by atoms with E-state index in [2.05, 4.69) is 72.2 Å². The molecule has 2 aromatic rings. The lowest BCUT2D eigenvalue weighted by Crippen LogP contribution is -2.03. The first-order valence-corrected chi connectivity index (χ1v) is 9.12. The second kappa shape index (κ2) is 7.21. The number of benzene rings is 2. The molecule has 2 heterocycles. The van der Waals surface area contributed by atoms with E-state index >= 15 is 0 Å². The molecule has 0 radical (unpaired) electrons. The molecule has 0 unspecified atom stereocenters. The fourth-order valence-electron chi connectivity index (χ4n) is 3.24. The first-order chi connectivity index (χ1) is 13.6. The Morgan fingerprint density at radius 2 is 1.57 bits per heavy atom. The number of fused-ring (bicyclic) bond motifs is 1. The Morgan fingerprint density at radius 3 is 2.25 bits per heavy atom. The van der Waals surface area contributed by atoms with Gasteiger partial charge in [0.05, 0.1) is 19.3 Å². The SMILES string of the molecule is C#CCn1cc2nc(-c3ccc(-c4ccc(C)c(C)c4)cc3)nc-2cc1OC. The number of imidazole rings is 1. The molecule has 0 bridgehead atoms. The fourth-order valence-corrected chi connectivity index (χ4v) is 3.24. The van der Waals surface area contributed by atoms with Gasteiger partial charge in [-0.2, -0.15) is 0 Å². The molecule has 0 spiro atoms. The van der Waals surface area contributed by atoms with E-state index < -0.39 is 0 Å². The predicted molar refractivity (Wildman–Crippen MR) is 112 cm³/mol. The summed E-state index contributed by atoms with van der Waals surface area (Å²) in [5.74, 6) is 3.99. The van der Waals surface area contributed by atoms with Gasteiger partial charge in [-0.1, -0.05) is 48.4 Å². The number of rotatable bonds is 4. The van der Waals surface area contributed by atoms with Crippen LogP contribution >= 0.6 is 0 Å². The van der Waals surface area contributed by atoms with E-state index in [1.807, 2.05) is 16.8 Å². The van der Waals surface area contributed by atoms with Gasteiger partial charge < -0.3 is 9.30 Å². The summed E-state index contributed by atoms with van der Waals surface area (Å²) in [6, 6.07) is 16.7. The van der Waals surface area contributed by atoms with Crippen LogP contribution in [0, 0.1) is 26.2 Å². The molecule has 0 fully saturated rings. The summed E-state index contributed by atoms with van der Waals surface area (Å²) in [5.41, 5.74) is 7.55. The zero-order chi connectivity index (χ0) is 19.7. The largest absolute Gasteiger partial charge is 0.482 e. The summed E-state index contributed by atoms with van der Waals surface area (Å²) in [6.07, 6.45) is 7.32. The molecule has 4 nitrogen and oxygen atoms in total. The van der Waals surface area contributed by atoms with E-state index in [1.54, 1.807) is 7.11 Å². The highest BCUT2D eigenvalue weighted by molar-refractivity contribution is 5.71. The van der Waals surface area contributed by atoms with Gasteiger partial charge in [-0.25, -0.2) is 9.97 Å². The summed E-state index contributed by atoms with van der Waals surface area (Å²) in [5, 5.41) is 0. The van der Waals surface area contributed by atoms with Gasteiger partial charge in [0.2, 0.25) is 0 Å². The highest BCUT2D eigenvalue weighted by Gasteiger charge is 2.16. The van der Waals surface area contributed by atoms with Crippen molar-refractivity contribution in [2.45, 2.75) is 20.4 Å². The van der Waals surface area contributed by atoms with Crippen molar-refractivity contribution in [3.05, 3.63) is 65.9 Å². The minimum absolute atomic E-state index is 0.423. The summed E-state index contributed by atoms with van der Waals surface area (Å²) < 4.78 is 7.25. The number of pyridine rings is 1. The Kier molecular flexibility index (Phi) is 4.58. The summed E-state index contributed by atoms with van der Waals surface area (Å²) in [4.78, 5) is 9.34. The van der Waals surface area contributed by atoms with Gasteiger partial charge in [0.1, 0.15) is 5.69 Å². The average Bonchev–Trinajstić information content (AvgIpc) is 3.12. The van der Waals surface area contributed by atoms with Crippen molar-refractivity contribution in [3.63, 3.8) is 0 Å². The maximum atomic E-state index is 5.44. The summed E-state index contributed by atoms with van der Waals surface area (Å²) in [7, 11) is 1.62. The van der Waals surface area contributed by atoms with Crippen molar-refractivity contribution >= 4 is 0 Å². The smallest absolute Gasteiger partial charge is 0.196 e. The Labute approximate surface area is 165 Å². The van der Waals surface area contributed by atoms with Gasteiger partial charge in [-0.05, 0) is 36.1 Å². The maximum absolute atomic E-state index is 5.44. The second-order valence-corrected chi connectivity index (χ2v) is 6.84. The topological polar surface area (TPSA) is 39.9 Å². The number of aryl methyl sites for hydroxylation is 2. The van der Waals surface area contributed by atoms with Crippen LogP contribution in [0.4, 0.5) is 0 Å². The molecule has 0 saturated heterocycles. The van der Waals surface area contributed by atoms with Gasteiger partial charge in [-0.15, -0.1) is 6.42 Å². The normalized spacial score (nSPS) is 10.8. The number of methoxy groups -OCH3 is 1. The van der Waals surface area contributed by atoms with Crippen LogP contribution in [-0.4, -0.2) is 21.6 Å². The first kappa shape index (κ1) is 17.8. The third-order valence-corrected chi connectivity index (χ3v) is 4.99. The first-order valence-electron chi connectivity index (χ1n) is 9.12. The lowest BCUT2D eigenvalue weighted by atomic mass is 9.99. The van der Waals surface area contributed by atoms with E-state index in [-0.39, 0.29) is 0 Å². The lowest BCUT2D eigenvalue weighted by Gasteiger charge is -2.10. The fraction of sp³-hybridized carbons (Fsp3) is 0.167. The van der Waals surface area contributed by atoms with Gasteiger partial charge in [0.25, 0.3) is 0 Å². The molecule has 0 saturated carbocycles. The van der Waals surface area contributed by atoms with Crippen LogP contribution in [0.3, 0.4) is 0 Å². The van der Waals surface area contributed by atoms with E-state index in [1.165, 1.54) is 22.3 Å². The van der Waals surface area contributed by atoms with Crippen molar-refractivity contribution in [1.82, 2.24) is 14.5 Å². The van der Waals surface area contributed by atoms with Crippen molar-refractivity contribution in [2.24, 2.45) is 0 Å². The molecular formula is C24H21N3O. The molecule has 2 aromatic carbocycles. The molecule has 0 atom stereocenters. The second-order valence-electron chi connectivity index (χ2n) is 6.84. The molecule has 0 aromatic heterocycles. The van der Waals surface area contributed by atoms with Crippen LogP contribution in [0.1, 0.15) is 11.1 Å². The Balaban J connectivity index is 1.69. The van der Waals surface area contributed by atoms with Gasteiger partial charge >= 0.3 is 0 Å². The van der Waals surface area contributed by atoms with Gasteiger partial charge in [-0.3, -0.25) is 0 Å². The molecular weight excluding hydrogens is 346 g/mol. The minimum atomic E-state index is 0.423. The van der Waals surface area contributed by atoms with Crippen molar-refractivity contribution in [1.29, 1.82) is 0 Å². The number of hydrogen-bond donors (Lipinski definition) is 0. The third-order valence-electron chi connectivity index (χ3n) is 4.99. The van der Waals surface area contributed by atoms with Crippen molar-refractivity contribution in [2.75, 3.05) is 7.11 Å². The standard InChI is InChI=1S/C24H21N3O/c1-5-12-27-15-22-21(14-23(27)28-4)25-24(26-22)19-10-8-18(9-11-19)20-7-6-16(2)17(3)13-20/h1,6-11,13-15H,12H2,2-4H3. The van der Waals surface area contributed by atoms with Crippen molar-refractivity contribution < 1.29 is 4.74 Å². The van der Waals surface area contributed by atoms with E-state index in [0.29, 0.717) is 18.2 Å². The van der Waals surface area contributed by atoms with Crippen LogP contribution in [0.2, 0.25) is 0 Å². The Bertz CT molecular complexity index is 1150. The van der Waals surface area contributed by atoms with Crippen LogP contribution in [0.25, 0.3) is 33.9 Å². The summed E-state index contributed by atoms with van der Waals surface area (Å²) >= 11 is 0. The molecule has 0 N–H and O–H groups in total. The van der Waals surface area contributed by atoms with Gasteiger partial charge in [0.15, 0.2) is 11.7 Å². The maximum Gasteiger partial charge on any atom is 0.196 e. The van der Waals surface area contributed by atoms with Crippen LogP contribution in [-0.2, 0) is 6.54 Å². The number of terminal acetylenes is 1. The van der Waals surface area contributed by atoms with Crippen LogP contribution in [0.15, 0.2) is 54.7 Å². The molecule has 4 heteroatoms. The number of aromatic nitrogens is 3. The molecule has 28 heavy (non-hydrogen) atoms. The Hall–Kier alpha value is -3.58. The molecule has 0 aliphatic carbocycles. The van der Waals surface area contributed by atoms with E-state index in [4.69, 9.17) is 11.2 Å². The number of hydrogen-bond acceptors (Lipinski definition) is 3. The highest BCUT2D eigenvalue weighted by atomic mass is 16.5. The number of nitrogens with zero attached hydrogens (tertiary/aromatic N) is 3.